The number of carbonyl (C=O) groups is 1. The third-order valence-electron chi connectivity index (χ3n) is 0.600. The Morgan fingerprint density at radius 3 is 2.82 bits per heavy atom. The highest BCUT2D eigenvalue weighted by Crippen LogP contribution is 2.04. The molecule has 0 N–H and O–H groups in total. The predicted molar refractivity (Wildman–Crippen MR) is 45.4 cm³/mol. The molecule has 0 amide bonds. The van der Waals surface area contributed by atoms with Crippen LogP contribution in [0.1, 0.15) is 65.7 Å². The Bertz CT molecular complexity index is 546. The molecule has 0 rings (SSSR count). The average molecular weight is 173 g/mol. The number of hydrogen-bond donors (Lipinski definition) is 0. The molecule has 0 unspecified atom stereocenters. The largest absolute Gasteiger partial charge is 0.469 e. The highest BCUT2D eigenvalue weighted by atomic mass is 16.5. The number of esters is 1. The van der Waals surface area contributed by atoms with Crippen LogP contribution in [0.2, 0.25) is 0 Å². The van der Waals surface area contributed by atoms with Gasteiger partial charge in [0.2, 0.25) is 0 Å². The molecule has 0 saturated carbocycles. The number of rotatable bonds is 6. The summed E-state index contributed by atoms with van der Waals surface area (Å²) in [6, 6.07) is 0. The first-order chi connectivity index (χ1) is 11.0. The van der Waals surface area contributed by atoms with Gasteiger partial charge < -0.3 is 4.74 Å². The van der Waals surface area contributed by atoms with Crippen LogP contribution in [0.25, 0.3) is 0 Å². The van der Waals surface area contributed by atoms with Crippen LogP contribution in [0.4, 0.5) is 0 Å². The fourth-order valence-corrected chi connectivity index (χ4v) is 0.227. The number of ether oxygens (including phenoxy) is 1. The molecule has 66 valence electrons. The van der Waals surface area contributed by atoms with E-state index < -0.39 is 51.1 Å². The minimum atomic E-state index is -4.23. The fourth-order valence-electron chi connectivity index (χ4n) is 0.227. The van der Waals surface area contributed by atoms with Gasteiger partial charge in [0.1, 0.15) is 0 Å². The van der Waals surface area contributed by atoms with Crippen LogP contribution in [0.5, 0.6) is 0 Å². The molecule has 0 heterocycles. The van der Waals surface area contributed by atoms with Crippen molar-refractivity contribution in [3.8, 4) is 0 Å². The molecule has 0 aliphatic heterocycles. The van der Waals surface area contributed by atoms with Gasteiger partial charge in [-0.05, 0) is 6.37 Å². The minimum Gasteiger partial charge on any atom is -0.469 e. The highest BCUT2D eigenvalue weighted by Gasteiger charge is 1.97. The van der Waals surface area contributed by atoms with Crippen LogP contribution in [0.15, 0.2) is 0 Å². The Kier molecular flexibility index (Phi) is 1.08. The van der Waals surface area contributed by atoms with Gasteiger partial charge in [-0.1, -0.05) is 32.3 Å². The summed E-state index contributed by atoms with van der Waals surface area (Å²) in [6.45, 7) is -3.76. The fraction of sp³-hybridized carbons (Fsp3) is 0.889. The van der Waals surface area contributed by atoms with E-state index in [1.165, 1.54) is 0 Å². The summed E-state index contributed by atoms with van der Waals surface area (Å²) in [5.74, 6) is -1.92. The molecule has 0 atom stereocenters. The van der Waals surface area contributed by atoms with Crippen LogP contribution >= 0.6 is 0 Å². The monoisotopic (exact) mass is 173 g/mol. The van der Waals surface area contributed by atoms with E-state index in [9.17, 15) is 4.79 Å². The lowest BCUT2D eigenvalue weighted by Crippen LogP contribution is -1.98. The maximum atomic E-state index is 11.5. The second-order valence-electron chi connectivity index (χ2n) is 1.24. The van der Waals surface area contributed by atoms with Crippen LogP contribution < -0.4 is 0 Å². The third kappa shape index (κ3) is 7.37. The zero-order valence-electron chi connectivity index (χ0n) is 20.8. The van der Waals surface area contributed by atoms with Crippen molar-refractivity contribution in [2.75, 3.05) is 7.11 Å². The van der Waals surface area contributed by atoms with E-state index in [1.54, 1.807) is 0 Å². The molecular weight excluding hydrogens is 140 g/mol. The van der Waals surface area contributed by atoms with Crippen molar-refractivity contribution in [3.63, 3.8) is 0 Å². The second-order valence-corrected chi connectivity index (χ2v) is 1.24. The first kappa shape index (κ1) is 1.57. The van der Waals surface area contributed by atoms with Gasteiger partial charge >= 0.3 is 5.97 Å². The molecule has 0 saturated heterocycles. The minimum absolute atomic E-state index is 0.660. The summed E-state index contributed by atoms with van der Waals surface area (Å²) in [6.07, 6.45) is -24.5. The Morgan fingerprint density at radius 2 is 2.18 bits per heavy atom. The summed E-state index contributed by atoms with van der Waals surface area (Å²) in [5.41, 5.74) is 0. The van der Waals surface area contributed by atoms with Crippen LogP contribution in [-0.4, -0.2) is 13.1 Å². The molecule has 0 aromatic carbocycles. The molecule has 2 heteroatoms. The van der Waals surface area contributed by atoms with Crippen LogP contribution in [-0.2, 0) is 9.53 Å². The average Bonchev–Trinajstić information content (AvgIpc) is 2.43. The van der Waals surface area contributed by atoms with Gasteiger partial charge in [0.15, 0.2) is 0 Å². The maximum Gasteiger partial charge on any atom is 0.305 e. The lowest BCUT2D eigenvalue weighted by Gasteiger charge is -1.98. The van der Waals surface area contributed by atoms with Gasteiger partial charge in [0.05, 0.1) is 7.11 Å². The van der Waals surface area contributed by atoms with Crippen molar-refractivity contribution >= 4 is 5.97 Å². The Labute approximate surface area is 90.0 Å². The Hall–Kier alpha value is -0.530. The van der Waals surface area contributed by atoms with E-state index in [2.05, 4.69) is 4.74 Å². The molecule has 0 spiro atoms. The molecule has 0 aliphatic rings. The van der Waals surface area contributed by atoms with Crippen molar-refractivity contribution in [1.82, 2.24) is 0 Å². The van der Waals surface area contributed by atoms with Crippen molar-refractivity contribution in [1.29, 1.82) is 0 Å². The van der Waals surface area contributed by atoms with Gasteiger partial charge in [0, 0.05) is 26.9 Å². The van der Waals surface area contributed by atoms with Gasteiger partial charge in [-0.2, -0.15) is 0 Å². The van der Waals surface area contributed by atoms with E-state index >= 15 is 0 Å². The van der Waals surface area contributed by atoms with Gasteiger partial charge in [-0.25, -0.2) is 0 Å². The van der Waals surface area contributed by atoms with E-state index in [0.717, 1.165) is 0 Å². The van der Waals surface area contributed by atoms with E-state index in [1.807, 2.05) is 0 Å². The Morgan fingerprint density at radius 1 is 1.45 bits per heavy atom. The smallest absolute Gasteiger partial charge is 0.305 e. The Balaban J connectivity index is 6.56. The molecule has 0 aliphatic carbocycles. The first-order valence-electron chi connectivity index (χ1n) is 10.1. The number of hydrogen-bond acceptors (Lipinski definition) is 2. The van der Waals surface area contributed by atoms with E-state index in [0.29, 0.717) is 7.11 Å². The first-order valence-corrected chi connectivity index (χ1v) is 2.57. The normalized spacial score (nSPS) is 38.8. The van der Waals surface area contributed by atoms with Crippen molar-refractivity contribution in [2.45, 2.75) is 45.1 Å². The quantitative estimate of drug-likeness (QED) is 0.577. The second kappa shape index (κ2) is 7.58. The molecule has 0 bridgehead atoms. The number of carbonyl (C=O) groups excluding carboxylic acids is 1. The van der Waals surface area contributed by atoms with E-state index in [-0.39, 0.29) is 0 Å². The summed E-state index contributed by atoms with van der Waals surface area (Å²) in [7, 11) is 0.660. The summed E-state index contributed by atoms with van der Waals surface area (Å²) < 4.78 is 116. The lowest BCUT2D eigenvalue weighted by molar-refractivity contribution is -0.140. The highest BCUT2D eigenvalue weighted by molar-refractivity contribution is 5.68. The van der Waals surface area contributed by atoms with Crippen LogP contribution in [0, 0.1) is 0 Å². The molecule has 2 nitrogen and oxygen atoms in total. The lowest BCUT2D eigenvalue weighted by atomic mass is 10.1. The summed E-state index contributed by atoms with van der Waals surface area (Å²) >= 11 is 0. The molecule has 0 fully saturated rings. The zero-order chi connectivity index (χ0) is 21.8. The van der Waals surface area contributed by atoms with Gasteiger partial charge in [-0.15, -0.1) is 0 Å². The number of methoxy groups -OCH3 is 1. The maximum absolute atomic E-state index is 11.5. The van der Waals surface area contributed by atoms with E-state index in [4.69, 9.17) is 20.6 Å². The molecule has 11 heavy (non-hydrogen) atoms. The van der Waals surface area contributed by atoms with Crippen molar-refractivity contribution in [3.05, 3.63) is 0 Å². The summed E-state index contributed by atoms with van der Waals surface area (Å²) in [4.78, 5) is 11.5. The SMILES string of the molecule is [2H]C([2H])([2H])C([2H])([2H])C([2H])([2H])C([2H])([2H])C([2H])([2H])C([2H])([2H])C([2H])([2H])C(=O)OC. The summed E-state index contributed by atoms with van der Waals surface area (Å²) in [5, 5.41) is 0. The van der Waals surface area contributed by atoms with Crippen LogP contribution in [0.3, 0.4) is 0 Å². The molecule has 0 aromatic rings. The molecule has 0 aromatic heterocycles. The molecule has 0 radical (unpaired) electrons. The zero-order valence-corrected chi connectivity index (χ0v) is 5.82. The van der Waals surface area contributed by atoms with Crippen molar-refractivity contribution in [2.24, 2.45) is 0 Å². The predicted octanol–water partition coefficient (Wildman–Crippen LogP) is 2.52. The van der Waals surface area contributed by atoms with Crippen molar-refractivity contribution < 1.29 is 30.1 Å². The topological polar surface area (TPSA) is 26.3 Å². The third-order valence-corrected chi connectivity index (χ3v) is 0.600. The van der Waals surface area contributed by atoms with Gasteiger partial charge in [0.25, 0.3) is 0 Å². The van der Waals surface area contributed by atoms with Gasteiger partial charge in [-0.3, -0.25) is 4.79 Å². The molecular formula is C9H18O2. The standard InChI is InChI=1S/C9H18O2/c1-3-4-5-6-7-8-9(10)11-2/h3-8H2,1-2H3/i1D3,3D2,4D2,5D2,6D2,7D2,8D2.